The van der Waals surface area contributed by atoms with Gasteiger partial charge in [-0.15, -0.1) is 0 Å². The van der Waals surface area contributed by atoms with Crippen molar-refractivity contribution in [3.05, 3.63) is 35.7 Å². The molecule has 0 aliphatic rings. The summed E-state index contributed by atoms with van der Waals surface area (Å²) in [7, 11) is 1.61. The van der Waals surface area contributed by atoms with E-state index in [0.29, 0.717) is 18.3 Å². The molecular formula is C15H21N3O2. The maximum absolute atomic E-state index is 5.22. The third-order valence-electron chi connectivity index (χ3n) is 3.24. The van der Waals surface area contributed by atoms with Gasteiger partial charge in [0.1, 0.15) is 6.61 Å². The van der Waals surface area contributed by atoms with Gasteiger partial charge in [-0.1, -0.05) is 31.1 Å². The van der Waals surface area contributed by atoms with E-state index in [1.165, 1.54) is 5.56 Å². The van der Waals surface area contributed by atoms with Crippen molar-refractivity contribution in [1.29, 1.82) is 0 Å². The van der Waals surface area contributed by atoms with Gasteiger partial charge in [0.2, 0.25) is 0 Å². The lowest BCUT2D eigenvalue weighted by Crippen LogP contribution is -2.21. The van der Waals surface area contributed by atoms with Gasteiger partial charge < -0.3 is 9.26 Å². The molecule has 0 radical (unpaired) electrons. The van der Waals surface area contributed by atoms with Crippen LogP contribution in [0.3, 0.4) is 0 Å². The summed E-state index contributed by atoms with van der Waals surface area (Å²) < 4.78 is 10.2. The van der Waals surface area contributed by atoms with E-state index in [9.17, 15) is 0 Å². The van der Waals surface area contributed by atoms with Gasteiger partial charge >= 0.3 is 0 Å². The molecule has 5 nitrogen and oxygen atoms in total. The van der Waals surface area contributed by atoms with Crippen molar-refractivity contribution < 1.29 is 9.26 Å². The fraction of sp³-hybridized carbons (Fsp3) is 0.467. The molecule has 1 aromatic carbocycles. The summed E-state index contributed by atoms with van der Waals surface area (Å²) in [5.74, 6) is 1.10. The van der Waals surface area contributed by atoms with Crippen molar-refractivity contribution in [1.82, 2.24) is 15.0 Å². The molecule has 0 atom stereocenters. The van der Waals surface area contributed by atoms with E-state index in [0.717, 1.165) is 25.2 Å². The molecule has 0 N–H and O–H groups in total. The molecular weight excluding hydrogens is 254 g/mol. The first kappa shape index (κ1) is 14.7. The molecule has 0 spiro atoms. The normalized spacial score (nSPS) is 11.2. The van der Waals surface area contributed by atoms with E-state index in [1.54, 1.807) is 7.11 Å². The number of nitrogens with zero attached hydrogens (tertiary/aromatic N) is 3. The SMILES string of the molecule is CCN(CC)Cc1ccc(-c2nc(COC)no2)cc1. The number of benzene rings is 1. The summed E-state index contributed by atoms with van der Waals surface area (Å²) in [5, 5.41) is 3.86. The summed E-state index contributed by atoms with van der Waals surface area (Å²) in [6, 6.07) is 8.24. The Balaban J connectivity index is 2.06. The first-order chi connectivity index (χ1) is 9.76. The Bertz CT molecular complexity index is 518. The topological polar surface area (TPSA) is 51.4 Å². The number of rotatable bonds is 7. The Hall–Kier alpha value is -1.72. The van der Waals surface area contributed by atoms with Crippen molar-refractivity contribution in [2.24, 2.45) is 0 Å². The summed E-state index contributed by atoms with van der Waals surface area (Å²) in [6.45, 7) is 7.79. The second-order valence-corrected chi connectivity index (χ2v) is 4.61. The standard InChI is InChI=1S/C15H21N3O2/c1-4-18(5-2)10-12-6-8-13(9-7-12)15-16-14(11-19-3)17-20-15/h6-9H,4-5,10-11H2,1-3H3. The Kier molecular flexibility index (Phi) is 5.26. The van der Waals surface area contributed by atoms with Gasteiger partial charge in [0.15, 0.2) is 5.82 Å². The molecule has 0 amide bonds. The van der Waals surface area contributed by atoms with Gasteiger partial charge in [-0.3, -0.25) is 4.90 Å². The van der Waals surface area contributed by atoms with Crippen LogP contribution in [-0.4, -0.2) is 35.2 Å². The highest BCUT2D eigenvalue weighted by Crippen LogP contribution is 2.18. The number of ether oxygens (including phenoxy) is 1. The summed E-state index contributed by atoms with van der Waals surface area (Å²) in [5.41, 5.74) is 2.22. The molecule has 20 heavy (non-hydrogen) atoms. The predicted octanol–water partition coefficient (Wildman–Crippen LogP) is 2.72. The number of aromatic nitrogens is 2. The molecule has 108 valence electrons. The molecule has 0 aliphatic heterocycles. The van der Waals surface area contributed by atoms with Crippen LogP contribution in [-0.2, 0) is 17.9 Å². The van der Waals surface area contributed by atoms with Crippen LogP contribution >= 0.6 is 0 Å². The van der Waals surface area contributed by atoms with E-state index < -0.39 is 0 Å². The third kappa shape index (κ3) is 3.65. The molecule has 0 saturated heterocycles. The molecule has 0 unspecified atom stereocenters. The lowest BCUT2D eigenvalue weighted by molar-refractivity contribution is 0.174. The average molecular weight is 275 g/mol. The maximum atomic E-state index is 5.22. The summed E-state index contributed by atoms with van der Waals surface area (Å²) >= 11 is 0. The maximum Gasteiger partial charge on any atom is 0.258 e. The van der Waals surface area contributed by atoms with Gasteiger partial charge in [0.25, 0.3) is 5.89 Å². The Labute approximate surface area is 119 Å². The van der Waals surface area contributed by atoms with Crippen molar-refractivity contribution >= 4 is 0 Å². The minimum atomic E-state index is 0.365. The average Bonchev–Trinajstić information content (AvgIpc) is 2.94. The molecule has 0 aliphatic carbocycles. The molecule has 2 aromatic rings. The molecule has 2 rings (SSSR count). The zero-order chi connectivity index (χ0) is 14.4. The van der Waals surface area contributed by atoms with Crippen LogP contribution in [0.1, 0.15) is 25.2 Å². The quantitative estimate of drug-likeness (QED) is 0.777. The lowest BCUT2D eigenvalue weighted by atomic mass is 10.1. The first-order valence-electron chi connectivity index (χ1n) is 6.90. The minimum Gasteiger partial charge on any atom is -0.377 e. The Morgan fingerprint density at radius 1 is 1.15 bits per heavy atom. The smallest absolute Gasteiger partial charge is 0.258 e. The van der Waals surface area contributed by atoms with Crippen LogP contribution in [0.2, 0.25) is 0 Å². The number of methoxy groups -OCH3 is 1. The van der Waals surface area contributed by atoms with E-state index in [2.05, 4.69) is 41.0 Å². The second-order valence-electron chi connectivity index (χ2n) is 4.61. The molecule has 5 heteroatoms. The van der Waals surface area contributed by atoms with Crippen molar-refractivity contribution in [3.63, 3.8) is 0 Å². The minimum absolute atomic E-state index is 0.365. The highest BCUT2D eigenvalue weighted by molar-refractivity contribution is 5.53. The second kappa shape index (κ2) is 7.17. The van der Waals surface area contributed by atoms with Crippen molar-refractivity contribution in [2.45, 2.75) is 27.0 Å². The first-order valence-corrected chi connectivity index (χ1v) is 6.90. The summed E-state index contributed by atoms with van der Waals surface area (Å²) in [6.07, 6.45) is 0. The van der Waals surface area contributed by atoms with E-state index in [1.807, 2.05) is 12.1 Å². The zero-order valence-electron chi connectivity index (χ0n) is 12.3. The monoisotopic (exact) mass is 275 g/mol. The van der Waals surface area contributed by atoms with Gasteiger partial charge in [-0.25, -0.2) is 0 Å². The number of hydrogen-bond donors (Lipinski definition) is 0. The van der Waals surface area contributed by atoms with Gasteiger partial charge in [-0.2, -0.15) is 4.98 Å². The lowest BCUT2D eigenvalue weighted by Gasteiger charge is -2.17. The molecule has 0 bridgehead atoms. The van der Waals surface area contributed by atoms with Crippen LogP contribution in [0.25, 0.3) is 11.5 Å². The van der Waals surface area contributed by atoms with Crippen molar-refractivity contribution in [3.8, 4) is 11.5 Å². The highest BCUT2D eigenvalue weighted by Gasteiger charge is 2.09. The van der Waals surface area contributed by atoms with E-state index in [4.69, 9.17) is 9.26 Å². The van der Waals surface area contributed by atoms with Gasteiger partial charge in [0.05, 0.1) is 0 Å². The van der Waals surface area contributed by atoms with E-state index in [-0.39, 0.29) is 0 Å². The fourth-order valence-corrected chi connectivity index (χ4v) is 2.02. The van der Waals surface area contributed by atoms with Crippen molar-refractivity contribution in [2.75, 3.05) is 20.2 Å². The van der Waals surface area contributed by atoms with Crippen LogP contribution in [0, 0.1) is 0 Å². The zero-order valence-corrected chi connectivity index (χ0v) is 12.3. The molecule has 1 aromatic heterocycles. The van der Waals surface area contributed by atoms with Crippen LogP contribution < -0.4 is 0 Å². The van der Waals surface area contributed by atoms with Crippen LogP contribution in [0.4, 0.5) is 0 Å². The Morgan fingerprint density at radius 3 is 2.45 bits per heavy atom. The van der Waals surface area contributed by atoms with Crippen LogP contribution in [0.15, 0.2) is 28.8 Å². The molecule has 1 heterocycles. The largest absolute Gasteiger partial charge is 0.377 e. The van der Waals surface area contributed by atoms with Crippen LogP contribution in [0.5, 0.6) is 0 Å². The van der Waals surface area contributed by atoms with Gasteiger partial charge in [0, 0.05) is 19.2 Å². The fourth-order valence-electron chi connectivity index (χ4n) is 2.02. The molecule has 0 saturated carbocycles. The van der Waals surface area contributed by atoms with E-state index >= 15 is 0 Å². The predicted molar refractivity (Wildman–Crippen MR) is 77.1 cm³/mol. The summed E-state index contributed by atoms with van der Waals surface area (Å²) in [4.78, 5) is 6.65. The Morgan fingerprint density at radius 2 is 1.85 bits per heavy atom. The third-order valence-corrected chi connectivity index (χ3v) is 3.24. The highest BCUT2D eigenvalue weighted by atomic mass is 16.5. The van der Waals surface area contributed by atoms with Gasteiger partial charge in [-0.05, 0) is 30.8 Å². The molecule has 0 fully saturated rings. The number of hydrogen-bond acceptors (Lipinski definition) is 5.